The van der Waals surface area contributed by atoms with Crippen molar-refractivity contribution >= 4 is 11.8 Å². The van der Waals surface area contributed by atoms with Gasteiger partial charge in [-0.2, -0.15) is 0 Å². The van der Waals surface area contributed by atoms with Gasteiger partial charge in [-0.1, -0.05) is 50.6 Å². The molecule has 1 N–H and O–H groups in total. The summed E-state index contributed by atoms with van der Waals surface area (Å²) in [7, 11) is 4.04. The molecule has 2 aliphatic heterocycles. The number of benzene rings is 1. The van der Waals surface area contributed by atoms with Crippen LogP contribution in [-0.4, -0.2) is 84.9 Å². The average Bonchev–Trinajstić information content (AvgIpc) is 2.78. The molecule has 1 aromatic carbocycles. The predicted octanol–water partition coefficient (Wildman–Crippen LogP) is 3.17. The molecule has 1 atom stereocenters. The van der Waals surface area contributed by atoms with E-state index in [0.717, 1.165) is 45.4 Å². The van der Waals surface area contributed by atoms with E-state index in [2.05, 4.69) is 59.3 Å². The first kappa shape index (κ1) is 25.7. The topological polar surface area (TPSA) is 55.9 Å². The molecule has 2 fully saturated rings. The molecule has 0 saturated carbocycles. The van der Waals surface area contributed by atoms with Crippen LogP contribution in [-0.2, 0) is 16.0 Å². The molecule has 2 saturated heterocycles. The highest BCUT2D eigenvalue weighted by molar-refractivity contribution is 6.00. The summed E-state index contributed by atoms with van der Waals surface area (Å²) < 4.78 is 0. The lowest BCUT2D eigenvalue weighted by Gasteiger charge is -2.52. The second-order valence-electron chi connectivity index (χ2n) is 10.6. The smallest absolute Gasteiger partial charge is 0.246 e. The lowest BCUT2D eigenvalue weighted by molar-refractivity contribution is -0.161. The number of carbonyl (C=O) groups is 2. The third-order valence-electron chi connectivity index (χ3n) is 7.25. The maximum absolute atomic E-state index is 13.4. The number of hydrogen-bond donors (Lipinski definition) is 1. The number of likely N-dealkylation sites (N-methyl/N-ethyl adjacent to an activating group) is 1. The molecule has 0 aromatic heterocycles. The number of nitrogens with one attached hydrogen (secondary N) is 1. The molecule has 3 rings (SSSR count). The van der Waals surface area contributed by atoms with Crippen LogP contribution in [0.1, 0.15) is 57.9 Å². The summed E-state index contributed by atoms with van der Waals surface area (Å²) in [5, 5.41) is 3.10. The highest BCUT2D eigenvalue weighted by atomic mass is 16.2. The number of aryl methyl sites for hydroxylation is 1. The van der Waals surface area contributed by atoms with Crippen molar-refractivity contribution in [2.75, 3.05) is 46.8 Å². The standard InChI is InChI=1S/C27H44N4O2/c1-22(2)21-24-25(32)31(20-19-29(3)4)27(26(33)28-24)14-17-30(18-15-27)16-10-6-9-13-23-11-7-5-8-12-23/h5,7-8,11-12,22,24H,6,9-10,13-21H2,1-4H3,(H,28,33)/t24-/m0/s1. The van der Waals surface area contributed by atoms with Crippen molar-refractivity contribution in [1.29, 1.82) is 0 Å². The van der Waals surface area contributed by atoms with Crippen LogP contribution in [0.25, 0.3) is 0 Å². The largest absolute Gasteiger partial charge is 0.342 e. The van der Waals surface area contributed by atoms with E-state index in [1.807, 2.05) is 19.0 Å². The van der Waals surface area contributed by atoms with Crippen molar-refractivity contribution in [3.05, 3.63) is 35.9 Å². The first-order valence-electron chi connectivity index (χ1n) is 12.9. The molecular weight excluding hydrogens is 412 g/mol. The van der Waals surface area contributed by atoms with Crippen LogP contribution in [0, 0.1) is 5.92 Å². The predicted molar refractivity (Wildman–Crippen MR) is 134 cm³/mol. The van der Waals surface area contributed by atoms with Crippen molar-refractivity contribution in [2.45, 2.75) is 70.4 Å². The van der Waals surface area contributed by atoms with Crippen molar-refractivity contribution in [3.8, 4) is 0 Å². The van der Waals surface area contributed by atoms with Crippen molar-refractivity contribution in [2.24, 2.45) is 5.92 Å². The molecule has 1 aromatic rings. The maximum atomic E-state index is 13.4. The van der Waals surface area contributed by atoms with Gasteiger partial charge in [0.2, 0.25) is 11.8 Å². The molecular formula is C27H44N4O2. The van der Waals surface area contributed by atoms with Crippen LogP contribution in [0.3, 0.4) is 0 Å². The van der Waals surface area contributed by atoms with E-state index in [4.69, 9.17) is 0 Å². The number of unbranched alkanes of at least 4 members (excludes halogenated alkanes) is 2. The zero-order valence-corrected chi connectivity index (χ0v) is 21.2. The Morgan fingerprint density at radius 1 is 1.03 bits per heavy atom. The van der Waals surface area contributed by atoms with Gasteiger partial charge in [0.1, 0.15) is 11.6 Å². The van der Waals surface area contributed by atoms with Gasteiger partial charge < -0.3 is 20.0 Å². The quantitative estimate of drug-likeness (QED) is 0.520. The Balaban J connectivity index is 1.52. The summed E-state index contributed by atoms with van der Waals surface area (Å²) in [4.78, 5) is 33.3. The number of piperidine rings is 1. The van der Waals surface area contributed by atoms with Crippen molar-refractivity contribution in [3.63, 3.8) is 0 Å². The van der Waals surface area contributed by atoms with Crippen molar-refractivity contribution in [1.82, 2.24) is 20.0 Å². The number of nitrogens with zero attached hydrogens (tertiary/aromatic N) is 3. The van der Waals surface area contributed by atoms with Gasteiger partial charge in [0.05, 0.1) is 0 Å². The van der Waals surface area contributed by atoms with E-state index in [0.29, 0.717) is 18.9 Å². The minimum absolute atomic E-state index is 0.0639. The molecule has 0 unspecified atom stereocenters. The summed E-state index contributed by atoms with van der Waals surface area (Å²) in [6, 6.07) is 10.3. The summed E-state index contributed by atoms with van der Waals surface area (Å²) in [6.07, 6.45) is 6.94. The SMILES string of the molecule is CC(C)C[C@@H]1NC(=O)C2(CCN(CCCCCc3ccccc3)CC2)N(CCN(C)C)C1=O. The van der Waals surface area contributed by atoms with Gasteiger partial charge in [0.15, 0.2) is 0 Å². The normalized spacial score (nSPS) is 21.3. The lowest BCUT2D eigenvalue weighted by Crippen LogP contribution is -2.73. The van der Waals surface area contributed by atoms with Crippen LogP contribution < -0.4 is 5.32 Å². The monoisotopic (exact) mass is 456 g/mol. The van der Waals surface area contributed by atoms with E-state index in [-0.39, 0.29) is 17.9 Å². The second-order valence-corrected chi connectivity index (χ2v) is 10.6. The first-order chi connectivity index (χ1) is 15.8. The Hall–Kier alpha value is -1.92. The third kappa shape index (κ3) is 6.80. The minimum atomic E-state index is -0.676. The number of carbonyl (C=O) groups excluding carboxylic acids is 2. The van der Waals surface area contributed by atoms with Gasteiger partial charge >= 0.3 is 0 Å². The Bertz CT molecular complexity index is 757. The molecule has 6 heteroatoms. The van der Waals surface area contributed by atoms with E-state index < -0.39 is 5.54 Å². The zero-order chi connectivity index (χ0) is 23.8. The van der Waals surface area contributed by atoms with Gasteiger partial charge in [-0.3, -0.25) is 9.59 Å². The van der Waals surface area contributed by atoms with Gasteiger partial charge in [-0.05, 0) is 70.6 Å². The van der Waals surface area contributed by atoms with Gasteiger partial charge in [-0.15, -0.1) is 0 Å². The van der Waals surface area contributed by atoms with E-state index in [1.54, 1.807) is 0 Å². The van der Waals surface area contributed by atoms with Crippen LogP contribution in [0.4, 0.5) is 0 Å². The van der Waals surface area contributed by atoms with Crippen LogP contribution in [0.5, 0.6) is 0 Å². The Kier molecular flexibility index (Phi) is 9.33. The Morgan fingerprint density at radius 3 is 2.36 bits per heavy atom. The first-order valence-corrected chi connectivity index (χ1v) is 12.9. The summed E-state index contributed by atoms with van der Waals surface area (Å²) in [5.74, 6) is 0.543. The molecule has 2 aliphatic rings. The van der Waals surface area contributed by atoms with Gasteiger partial charge in [0, 0.05) is 26.2 Å². The lowest BCUT2D eigenvalue weighted by atomic mass is 9.81. The number of rotatable bonds is 11. The van der Waals surface area contributed by atoms with Crippen LogP contribution in [0.15, 0.2) is 30.3 Å². The average molecular weight is 457 g/mol. The number of hydrogen-bond acceptors (Lipinski definition) is 4. The molecule has 6 nitrogen and oxygen atoms in total. The van der Waals surface area contributed by atoms with E-state index >= 15 is 0 Å². The van der Waals surface area contributed by atoms with Crippen LogP contribution in [0.2, 0.25) is 0 Å². The summed E-state index contributed by atoms with van der Waals surface area (Å²) in [6.45, 7) is 8.44. The molecule has 1 spiro atoms. The molecule has 0 radical (unpaired) electrons. The van der Waals surface area contributed by atoms with Crippen molar-refractivity contribution < 1.29 is 9.59 Å². The number of amides is 2. The van der Waals surface area contributed by atoms with E-state index in [9.17, 15) is 9.59 Å². The number of likely N-dealkylation sites (tertiary alicyclic amines) is 1. The molecule has 0 bridgehead atoms. The third-order valence-corrected chi connectivity index (χ3v) is 7.25. The molecule has 0 aliphatic carbocycles. The Morgan fingerprint density at radius 2 is 1.73 bits per heavy atom. The van der Waals surface area contributed by atoms with Gasteiger partial charge in [-0.25, -0.2) is 0 Å². The molecule has 184 valence electrons. The fourth-order valence-corrected chi connectivity index (χ4v) is 5.26. The molecule has 33 heavy (non-hydrogen) atoms. The fourth-order valence-electron chi connectivity index (χ4n) is 5.26. The second kappa shape index (κ2) is 12.0. The highest BCUT2D eigenvalue weighted by Crippen LogP contribution is 2.34. The maximum Gasteiger partial charge on any atom is 0.246 e. The van der Waals surface area contributed by atoms with E-state index in [1.165, 1.54) is 24.8 Å². The number of piperazine rings is 1. The van der Waals surface area contributed by atoms with Crippen LogP contribution >= 0.6 is 0 Å². The Labute approximate surface area is 200 Å². The highest BCUT2D eigenvalue weighted by Gasteiger charge is 2.53. The summed E-state index contributed by atoms with van der Waals surface area (Å²) in [5.41, 5.74) is 0.740. The minimum Gasteiger partial charge on any atom is -0.342 e. The van der Waals surface area contributed by atoms with Gasteiger partial charge in [0.25, 0.3) is 0 Å². The fraction of sp³-hybridized carbons (Fsp3) is 0.704. The summed E-state index contributed by atoms with van der Waals surface area (Å²) >= 11 is 0. The zero-order valence-electron chi connectivity index (χ0n) is 21.2. The molecule has 2 heterocycles. The molecule has 2 amide bonds.